The maximum Gasteiger partial charge on any atom is 0.144 e. The molecule has 0 atom stereocenters. The molecule has 2 aromatic carbocycles. The molecule has 2 nitrogen and oxygen atoms in total. The standard InChI is InChI=1S/C14H10F3O2/c1-18-10-3-8(4-11(7-10)19-2)14-12(16)5-9(15)6-13(14)17/h3-5,7H,1-2H3. The Morgan fingerprint density at radius 3 is 1.95 bits per heavy atom. The van der Waals surface area contributed by atoms with Gasteiger partial charge in [0.2, 0.25) is 0 Å². The second-order valence-electron chi connectivity index (χ2n) is 3.76. The molecule has 0 saturated carbocycles. The topological polar surface area (TPSA) is 18.5 Å². The van der Waals surface area contributed by atoms with Crippen molar-refractivity contribution in [1.29, 1.82) is 0 Å². The predicted molar refractivity (Wildman–Crippen MR) is 63.7 cm³/mol. The highest BCUT2D eigenvalue weighted by Crippen LogP contribution is 2.33. The summed E-state index contributed by atoms with van der Waals surface area (Å²) in [6.45, 7) is 0. The molecule has 0 spiro atoms. The molecule has 0 aliphatic carbocycles. The smallest absolute Gasteiger partial charge is 0.144 e. The third kappa shape index (κ3) is 2.65. The van der Waals surface area contributed by atoms with Gasteiger partial charge in [-0.3, -0.25) is 0 Å². The number of hydrogen-bond acceptors (Lipinski definition) is 2. The Hall–Kier alpha value is -2.17. The van der Waals surface area contributed by atoms with Crippen LogP contribution in [0.25, 0.3) is 11.1 Å². The van der Waals surface area contributed by atoms with E-state index >= 15 is 0 Å². The molecule has 99 valence electrons. The lowest BCUT2D eigenvalue weighted by Gasteiger charge is -2.10. The first-order valence-corrected chi connectivity index (χ1v) is 5.35. The van der Waals surface area contributed by atoms with Gasteiger partial charge in [0.05, 0.1) is 25.8 Å². The first-order chi connectivity index (χ1) is 9.05. The van der Waals surface area contributed by atoms with Crippen molar-refractivity contribution in [2.45, 2.75) is 0 Å². The maximum atomic E-state index is 13.7. The minimum absolute atomic E-state index is 0.183. The average Bonchev–Trinajstić information content (AvgIpc) is 2.37. The third-order valence-electron chi connectivity index (χ3n) is 2.58. The van der Waals surface area contributed by atoms with E-state index in [0.717, 1.165) is 0 Å². The predicted octanol–water partition coefficient (Wildman–Crippen LogP) is 3.59. The molecular formula is C14H10F3O2. The summed E-state index contributed by atoms with van der Waals surface area (Å²) in [5.41, 5.74) is -0.193. The molecule has 0 bridgehead atoms. The second kappa shape index (κ2) is 5.22. The van der Waals surface area contributed by atoms with Gasteiger partial charge in [0.15, 0.2) is 0 Å². The van der Waals surface area contributed by atoms with Crippen molar-refractivity contribution in [3.63, 3.8) is 0 Å². The minimum atomic E-state index is -1.10. The minimum Gasteiger partial charge on any atom is -0.497 e. The van der Waals surface area contributed by atoms with E-state index in [4.69, 9.17) is 9.47 Å². The number of hydrogen-bond donors (Lipinski definition) is 0. The molecule has 2 aromatic rings. The Kier molecular flexibility index (Phi) is 3.64. The highest BCUT2D eigenvalue weighted by molar-refractivity contribution is 5.68. The Balaban J connectivity index is 2.64. The van der Waals surface area contributed by atoms with E-state index in [1.54, 1.807) is 12.1 Å². The van der Waals surface area contributed by atoms with Gasteiger partial charge in [0, 0.05) is 12.1 Å². The summed E-state index contributed by atoms with van der Waals surface area (Å²) < 4.78 is 50.2. The largest absolute Gasteiger partial charge is 0.497 e. The van der Waals surface area contributed by atoms with Gasteiger partial charge in [-0.15, -0.1) is 0 Å². The lowest BCUT2D eigenvalue weighted by atomic mass is 10.0. The quantitative estimate of drug-likeness (QED) is 0.846. The van der Waals surface area contributed by atoms with E-state index in [-0.39, 0.29) is 11.1 Å². The number of rotatable bonds is 3. The summed E-state index contributed by atoms with van der Waals surface area (Å²) >= 11 is 0. The summed E-state index contributed by atoms with van der Waals surface area (Å²) in [6, 6.07) is 6.79. The van der Waals surface area contributed by atoms with Crippen molar-refractivity contribution < 1.29 is 22.6 Å². The van der Waals surface area contributed by atoms with E-state index < -0.39 is 17.5 Å². The van der Waals surface area contributed by atoms with Crippen molar-refractivity contribution in [1.82, 2.24) is 0 Å². The van der Waals surface area contributed by atoms with Crippen molar-refractivity contribution in [2.75, 3.05) is 14.2 Å². The zero-order valence-corrected chi connectivity index (χ0v) is 10.3. The number of benzene rings is 2. The van der Waals surface area contributed by atoms with Crippen LogP contribution < -0.4 is 9.47 Å². The Bertz CT molecular complexity index is 566. The lowest BCUT2D eigenvalue weighted by molar-refractivity contribution is 0.394. The van der Waals surface area contributed by atoms with Crippen LogP contribution in [-0.2, 0) is 0 Å². The molecule has 0 aliphatic heterocycles. The van der Waals surface area contributed by atoms with E-state index in [1.807, 2.05) is 0 Å². The molecular weight excluding hydrogens is 257 g/mol. The van der Waals surface area contributed by atoms with Crippen molar-refractivity contribution in [2.24, 2.45) is 0 Å². The number of ether oxygens (including phenoxy) is 2. The van der Waals surface area contributed by atoms with E-state index in [2.05, 4.69) is 0 Å². The van der Waals surface area contributed by atoms with Crippen LogP contribution in [0.3, 0.4) is 0 Å². The van der Waals surface area contributed by atoms with E-state index in [1.165, 1.54) is 26.4 Å². The van der Waals surface area contributed by atoms with Crippen LogP contribution in [0.1, 0.15) is 0 Å². The number of halogens is 3. The van der Waals surface area contributed by atoms with Crippen LogP contribution in [0.15, 0.2) is 24.3 Å². The van der Waals surface area contributed by atoms with Crippen LogP contribution in [-0.4, -0.2) is 14.2 Å². The van der Waals surface area contributed by atoms with Crippen LogP contribution in [0.5, 0.6) is 11.5 Å². The zero-order chi connectivity index (χ0) is 14.0. The van der Waals surface area contributed by atoms with Gasteiger partial charge in [-0.05, 0) is 17.7 Å². The van der Waals surface area contributed by atoms with Crippen molar-refractivity contribution >= 4 is 0 Å². The summed E-state index contributed by atoms with van der Waals surface area (Å²) in [5, 5.41) is 0. The van der Waals surface area contributed by atoms with Gasteiger partial charge < -0.3 is 9.47 Å². The fourth-order valence-electron chi connectivity index (χ4n) is 1.71. The van der Waals surface area contributed by atoms with E-state index in [0.29, 0.717) is 17.6 Å². The Morgan fingerprint density at radius 2 is 1.47 bits per heavy atom. The van der Waals surface area contributed by atoms with Gasteiger partial charge in [-0.1, -0.05) is 0 Å². The van der Waals surface area contributed by atoms with Gasteiger partial charge >= 0.3 is 0 Å². The summed E-state index contributed by atoms with van der Waals surface area (Å²) in [6.07, 6.45) is 0. The van der Waals surface area contributed by atoms with Gasteiger partial charge in [-0.2, -0.15) is 0 Å². The average molecular weight is 267 g/mol. The molecule has 0 fully saturated rings. The molecule has 5 heteroatoms. The third-order valence-corrected chi connectivity index (χ3v) is 2.58. The SMILES string of the molecule is COc1cc(OC)cc(-c2c(F)[c]c(F)cc2F)c1. The molecule has 0 N–H and O–H groups in total. The molecule has 19 heavy (non-hydrogen) atoms. The highest BCUT2D eigenvalue weighted by Gasteiger charge is 2.15. The fourth-order valence-corrected chi connectivity index (χ4v) is 1.71. The molecule has 0 saturated heterocycles. The zero-order valence-electron chi connectivity index (χ0n) is 10.3. The maximum absolute atomic E-state index is 13.7. The van der Waals surface area contributed by atoms with Crippen LogP contribution in [0, 0.1) is 23.5 Å². The molecule has 0 aromatic heterocycles. The molecule has 0 unspecified atom stereocenters. The Morgan fingerprint density at radius 1 is 0.895 bits per heavy atom. The fraction of sp³-hybridized carbons (Fsp3) is 0.143. The highest BCUT2D eigenvalue weighted by atomic mass is 19.1. The summed E-state index contributed by atoms with van der Waals surface area (Å²) in [7, 11) is 2.84. The van der Waals surface area contributed by atoms with Crippen molar-refractivity contribution in [3.8, 4) is 22.6 Å². The monoisotopic (exact) mass is 267 g/mol. The molecule has 0 amide bonds. The molecule has 0 heterocycles. The summed E-state index contributed by atoms with van der Waals surface area (Å²) in [4.78, 5) is 0. The van der Waals surface area contributed by atoms with Gasteiger partial charge in [-0.25, -0.2) is 13.2 Å². The van der Waals surface area contributed by atoms with Gasteiger partial charge in [0.25, 0.3) is 0 Å². The summed E-state index contributed by atoms with van der Waals surface area (Å²) in [5.74, 6) is -2.46. The lowest BCUT2D eigenvalue weighted by Crippen LogP contribution is -1.95. The van der Waals surface area contributed by atoms with Crippen LogP contribution in [0.4, 0.5) is 13.2 Å². The molecule has 1 radical (unpaired) electrons. The van der Waals surface area contributed by atoms with Crippen LogP contribution in [0.2, 0.25) is 0 Å². The first-order valence-electron chi connectivity index (χ1n) is 5.35. The number of methoxy groups -OCH3 is 2. The Labute approximate surface area is 108 Å². The first kappa shape index (κ1) is 13.3. The van der Waals surface area contributed by atoms with Crippen LogP contribution >= 0.6 is 0 Å². The normalized spacial score (nSPS) is 10.4. The molecule has 0 aliphatic rings. The second-order valence-corrected chi connectivity index (χ2v) is 3.76. The molecule has 2 rings (SSSR count). The van der Waals surface area contributed by atoms with Crippen molar-refractivity contribution in [3.05, 3.63) is 47.8 Å². The van der Waals surface area contributed by atoms with Gasteiger partial charge in [0.1, 0.15) is 29.0 Å². The van der Waals surface area contributed by atoms with E-state index in [9.17, 15) is 13.2 Å².